The summed E-state index contributed by atoms with van der Waals surface area (Å²) in [6.45, 7) is 12.4. The van der Waals surface area contributed by atoms with Gasteiger partial charge in [0.2, 0.25) is 0 Å². The smallest absolute Gasteiger partial charge is 0.0330 e. The largest absolute Gasteiger partial charge is 0.315 e. The molecule has 1 aromatic rings. The normalized spacial score (nSPS) is 13.4. The molecule has 104 valence electrons. The van der Waals surface area contributed by atoms with Gasteiger partial charge in [-0.05, 0) is 44.3 Å². The van der Waals surface area contributed by atoms with Gasteiger partial charge in [-0.15, -0.1) is 11.3 Å². The lowest BCUT2D eigenvalue weighted by Gasteiger charge is -2.27. The molecule has 0 saturated heterocycles. The number of thiophene rings is 1. The predicted octanol–water partition coefficient (Wildman–Crippen LogP) is 3.74. The highest BCUT2D eigenvalue weighted by Crippen LogP contribution is 2.15. The Bertz CT molecular complexity index is 295. The van der Waals surface area contributed by atoms with E-state index < -0.39 is 0 Å². The van der Waals surface area contributed by atoms with Gasteiger partial charge in [0.1, 0.15) is 0 Å². The van der Waals surface area contributed by atoms with E-state index in [1.807, 2.05) is 11.3 Å². The first-order chi connectivity index (χ1) is 8.63. The maximum Gasteiger partial charge on any atom is 0.0330 e. The average Bonchev–Trinajstić information content (AvgIpc) is 2.84. The number of nitrogens with zero attached hydrogens (tertiary/aromatic N) is 1. The fraction of sp³-hybridized carbons (Fsp3) is 0.733. The van der Waals surface area contributed by atoms with E-state index in [4.69, 9.17) is 0 Å². The minimum atomic E-state index is 0.605. The minimum Gasteiger partial charge on any atom is -0.315 e. The molecule has 1 heterocycles. The van der Waals surface area contributed by atoms with Crippen molar-refractivity contribution < 1.29 is 0 Å². The van der Waals surface area contributed by atoms with E-state index in [-0.39, 0.29) is 0 Å². The van der Waals surface area contributed by atoms with Crippen LogP contribution in [0.25, 0.3) is 0 Å². The lowest BCUT2D eigenvalue weighted by atomic mass is 10.1. The van der Waals surface area contributed by atoms with Crippen molar-refractivity contribution in [2.75, 3.05) is 13.1 Å². The van der Waals surface area contributed by atoms with Crippen LogP contribution in [0.15, 0.2) is 17.5 Å². The van der Waals surface area contributed by atoms with Gasteiger partial charge in [0.25, 0.3) is 0 Å². The minimum absolute atomic E-state index is 0.605. The Kier molecular flexibility index (Phi) is 7.56. The summed E-state index contributed by atoms with van der Waals surface area (Å²) in [5.41, 5.74) is 0. The van der Waals surface area contributed by atoms with Gasteiger partial charge < -0.3 is 5.32 Å². The maximum absolute atomic E-state index is 3.49. The summed E-state index contributed by atoms with van der Waals surface area (Å²) in [5.74, 6) is 0. The fourth-order valence-electron chi connectivity index (χ4n) is 2.15. The van der Waals surface area contributed by atoms with Crippen LogP contribution in [0.1, 0.15) is 45.4 Å². The molecule has 0 amide bonds. The van der Waals surface area contributed by atoms with Crippen molar-refractivity contribution in [3.63, 3.8) is 0 Å². The van der Waals surface area contributed by atoms with Gasteiger partial charge in [-0.2, -0.15) is 0 Å². The zero-order valence-electron chi connectivity index (χ0n) is 12.3. The topological polar surface area (TPSA) is 15.3 Å². The molecule has 0 saturated carbocycles. The molecular weight excluding hydrogens is 240 g/mol. The molecule has 1 rings (SSSR count). The SMILES string of the molecule is CCN(Cc1cccs1)C(C)CCCNC(C)C. The first kappa shape index (κ1) is 15.7. The Morgan fingerprint density at radius 2 is 2.11 bits per heavy atom. The van der Waals surface area contributed by atoms with E-state index in [1.165, 1.54) is 17.7 Å². The van der Waals surface area contributed by atoms with E-state index >= 15 is 0 Å². The monoisotopic (exact) mass is 268 g/mol. The molecule has 0 aliphatic carbocycles. The second-order valence-electron chi connectivity index (χ2n) is 5.24. The van der Waals surface area contributed by atoms with Crippen molar-refractivity contribution >= 4 is 11.3 Å². The van der Waals surface area contributed by atoms with Gasteiger partial charge in [-0.25, -0.2) is 0 Å². The molecule has 3 heteroatoms. The number of hydrogen-bond donors (Lipinski definition) is 1. The number of nitrogens with one attached hydrogen (secondary N) is 1. The van der Waals surface area contributed by atoms with Crippen LogP contribution in [0.5, 0.6) is 0 Å². The van der Waals surface area contributed by atoms with E-state index in [2.05, 4.69) is 55.4 Å². The predicted molar refractivity (Wildman–Crippen MR) is 82.2 cm³/mol. The highest BCUT2D eigenvalue weighted by atomic mass is 32.1. The summed E-state index contributed by atoms with van der Waals surface area (Å²) in [6, 6.07) is 5.66. The molecule has 18 heavy (non-hydrogen) atoms. The highest BCUT2D eigenvalue weighted by molar-refractivity contribution is 7.09. The number of rotatable bonds is 9. The average molecular weight is 268 g/mol. The second kappa shape index (κ2) is 8.68. The Balaban J connectivity index is 2.26. The van der Waals surface area contributed by atoms with Crippen molar-refractivity contribution in [1.29, 1.82) is 0 Å². The Morgan fingerprint density at radius 1 is 1.33 bits per heavy atom. The fourth-order valence-corrected chi connectivity index (χ4v) is 2.88. The molecule has 1 aromatic heterocycles. The van der Waals surface area contributed by atoms with Gasteiger partial charge in [-0.1, -0.05) is 26.8 Å². The van der Waals surface area contributed by atoms with Gasteiger partial charge in [0.05, 0.1) is 0 Å². The first-order valence-corrected chi connectivity index (χ1v) is 8.01. The lowest BCUT2D eigenvalue weighted by Crippen LogP contribution is -2.33. The quantitative estimate of drug-likeness (QED) is 0.686. The summed E-state index contributed by atoms with van der Waals surface area (Å²) < 4.78 is 0. The molecule has 0 bridgehead atoms. The van der Waals surface area contributed by atoms with Gasteiger partial charge in [0.15, 0.2) is 0 Å². The van der Waals surface area contributed by atoms with Crippen LogP contribution in [0.3, 0.4) is 0 Å². The maximum atomic E-state index is 3.49. The molecular formula is C15H28N2S. The van der Waals surface area contributed by atoms with Crippen molar-refractivity contribution in [3.8, 4) is 0 Å². The third-order valence-corrected chi connectivity index (χ3v) is 4.18. The van der Waals surface area contributed by atoms with Gasteiger partial charge in [-0.3, -0.25) is 4.90 Å². The molecule has 0 radical (unpaired) electrons. The summed E-state index contributed by atoms with van der Waals surface area (Å²) in [6.07, 6.45) is 2.54. The summed E-state index contributed by atoms with van der Waals surface area (Å²) in [5, 5.41) is 5.65. The number of hydrogen-bond acceptors (Lipinski definition) is 3. The highest BCUT2D eigenvalue weighted by Gasteiger charge is 2.12. The lowest BCUT2D eigenvalue weighted by molar-refractivity contribution is 0.200. The standard InChI is InChI=1S/C15H28N2S/c1-5-17(12-15-9-7-11-18-15)14(4)8-6-10-16-13(2)3/h7,9,11,13-14,16H,5-6,8,10,12H2,1-4H3. The summed E-state index contributed by atoms with van der Waals surface area (Å²) in [7, 11) is 0. The van der Waals surface area contributed by atoms with Crippen LogP contribution in [-0.4, -0.2) is 30.1 Å². The van der Waals surface area contributed by atoms with Gasteiger partial charge >= 0.3 is 0 Å². The molecule has 2 nitrogen and oxygen atoms in total. The molecule has 0 aromatic carbocycles. The zero-order valence-corrected chi connectivity index (χ0v) is 13.1. The molecule has 0 spiro atoms. The molecule has 1 atom stereocenters. The van der Waals surface area contributed by atoms with Crippen LogP contribution >= 0.6 is 11.3 Å². The first-order valence-electron chi connectivity index (χ1n) is 7.13. The summed E-state index contributed by atoms with van der Waals surface area (Å²) in [4.78, 5) is 4.05. The van der Waals surface area contributed by atoms with Crippen LogP contribution in [0, 0.1) is 0 Å². The van der Waals surface area contributed by atoms with E-state index in [9.17, 15) is 0 Å². The van der Waals surface area contributed by atoms with Crippen LogP contribution < -0.4 is 5.32 Å². The Hall–Kier alpha value is -0.380. The summed E-state index contributed by atoms with van der Waals surface area (Å²) >= 11 is 1.86. The Labute approximate surface area is 116 Å². The molecule has 1 unspecified atom stereocenters. The van der Waals surface area contributed by atoms with Gasteiger partial charge in [0, 0.05) is 23.5 Å². The Morgan fingerprint density at radius 3 is 2.67 bits per heavy atom. The third kappa shape index (κ3) is 5.98. The molecule has 0 aliphatic heterocycles. The van der Waals surface area contributed by atoms with Crippen molar-refractivity contribution in [3.05, 3.63) is 22.4 Å². The van der Waals surface area contributed by atoms with E-state index in [0.29, 0.717) is 12.1 Å². The van der Waals surface area contributed by atoms with E-state index in [0.717, 1.165) is 19.6 Å². The molecule has 0 fully saturated rings. The van der Waals surface area contributed by atoms with E-state index in [1.54, 1.807) is 0 Å². The van der Waals surface area contributed by atoms with Crippen LogP contribution in [0.2, 0.25) is 0 Å². The van der Waals surface area contributed by atoms with Crippen LogP contribution in [0.4, 0.5) is 0 Å². The molecule has 1 N–H and O–H groups in total. The van der Waals surface area contributed by atoms with Crippen molar-refractivity contribution in [1.82, 2.24) is 10.2 Å². The van der Waals surface area contributed by atoms with Crippen molar-refractivity contribution in [2.45, 2.75) is 59.2 Å². The van der Waals surface area contributed by atoms with Crippen molar-refractivity contribution in [2.24, 2.45) is 0 Å². The second-order valence-corrected chi connectivity index (χ2v) is 6.27. The van der Waals surface area contributed by atoms with Crippen LogP contribution in [-0.2, 0) is 6.54 Å². The molecule has 0 aliphatic rings. The third-order valence-electron chi connectivity index (χ3n) is 3.32. The zero-order chi connectivity index (χ0) is 13.4.